The summed E-state index contributed by atoms with van der Waals surface area (Å²) in [6, 6.07) is 12.0. The van der Waals surface area contributed by atoms with E-state index in [4.69, 9.17) is 17.3 Å². The average molecular weight is 303 g/mol. The van der Waals surface area contributed by atoms with Gasteiger partial charge in [-0.25, -0.2) is 4.98 Å². The van der Waals surface area contributed by atoms with Gasteiger partial charge in [-0.1, -0.05) is 23.7 Å². The normalized spacial score (nSPS) is 16.1. The maximum Gasteiger partial charge on any atom is 0.128 e. The summed E-state index contributed by atoms with van der Waals surface area (Å²) >= 11 is 5.92. The van der Waals surface area contributed by atoms with Crippen LogP contribution < -0.4 is 10.6 Å². The molecule has 2 aromatic rings. The predicted molar refractivity (Wildman–Crippen MR) is 87.6 cm³/mol. The standard InChI is InChI=1S/C16H19ClN4/c17-14-3-1-13(2-4-14)12-20-7-9-21(10-8-20)16-6-5-15(18)11-19-16/h1-6,11H,7-10,12,18H2. The fourth-order valence-electron chi connectivity index (χ4n) is 2.57. The Morgan fingerprint density at radius 3 is 2.33 bits per heavy atom. The van der Waals surface area contributed by atoms with Crippen LogP contribution in [-0.2, 0) is 6.54 Å². The minimum Gasteiger partial charge on any atom is -0.397 e. The Morgan fingerprint density at radius 2 is 1.71 bits per heavy atom. The van der Waals surface area contributed by atoms with Crippen LogP contribution in [0.3, 0.4) is 0 Å². The Kier molecular flexibility index (Phi) is 4.27. The van der Waals surface area contributed by atoms with Crippen molar-refractivity contribution in [3.8, 4) is 0 Å². The molecule has 21 heavy (non-hydrogen) atoms. The molecule has 0 amide bonds. The lowest BCUT2D eigenvalue weighted by Crippen LogP contribution is -2.46. The number of nitrogens with two attached hydrogens (primary N) is 1. The first-order valence-corrected chi connectivity index (χ1v) is 7.52. The van der Waals surface area contributed by atoms with Crippen LogP contribution in [0.5, 0.6) is 0 Å². The van der Waals surface area contributed by atoms with Crippen LogP contribution in [-0.4, -0.2) is 36.1 Å². The molecule has 1 aliphatic rings. The van der Waals surface area contributed by atoms with Gasteiger partial charge in [0.2, 0.25) is 0 Å². The SMILES string of the molecule is Nc1ccc(N2CCN(Cc3ccc(Cl)cc3)CC2)nc1. The van der Waals surface area contributed by atoms with E-state index < -0.39 is 0 Å². The zero-order valence-electron chi connectivity index (χ0n) is 11.9. The van der Waals surface area contributed by atoms with Gasteiger partial charge in [-0.3, -0.25) is 4.90 Å². The van der Waals surface area contributed by atoms with E-state index in [1.165, 1.54) is 5.56 Å². The number of anilines is 2. The van der Waals surface area contributed by atoms with E-state index in [2.05, 4.69) is 26.9 Å². The number of halogens is 1. The highest BCUT2D eigenvalue weighted by molar-refractivity contribution is 6.30. The van der Waals surface area contributed by atoms with Crippen LogP contribution in [0.4, 0.5) is 11.5 Å². The first kappa shape index (κ1) is 14.2. The van der Waals surface area contributed by atoms with E-state index in [0.29, 0.717) is 5.69 Å². The first-order chi connectivity index (χ1) is 10.2. The van der Waals surface area contributed by atoms with Crippen LogP contribution in [0.1, 0.15) is 5.56 Å². The van der Waals surface area contributed by atoms with E-state index in [1.807, 2.05) is 24.3 Å². The van der Waals surface area contributed by atoms with Gasteiger partial charge in [-0.15, -0.1) is 0 Å². The van der Waals surface area contributed by atoms with E-state index in [0.717, 1.165) is 43.6 Å². The molecule has 3 rings (SSSR count). The monoisotopic (exact) mass is 302 g/mol. The van der Waals surface area contributed by atoms with Crippen molar-refractivity contribution in [1.29, 1.82) is 0 Å². The zero-order valence-corrected chi connectivity index (χ0v) is 12.6. The number of nitrogens with zero attached hydrogens (tertiary/aromatic N) is 3. The molecule has 1 fully saturated rings. The molecule has 0 bridgehead atoms. The lowest BCUT2D eigenvalue weighted by molar-refractivity contribution is 0.249. The molecule has 0 unspecified atom stereocenters. The van der Waals surface area contributed by atoms with Crippen molar-refractivity contribution in [3.05, 3.63) is 53.2 Å². The second kappa shape index (κ2) is 6.33. The fraction of sp³-hybridized carbons (Fsp3) is 0.312. The van der Waals surface area contributed by atoms with Gasteiger partial charge < -0.3 is 10.6 Å². The number of aromatic nitrogens is 1. The number of piperazine rings is 1. The maximum absolute atomic E-state index is 5.92. The zero-order chi connectivity index (χ0) is 14.7. The van der Waals surface area contributed by atoms with Crippen LogP contribution in [0.2, 0.25) is 5.02 Å². The third-order valence-corrected chi connectivity index (χ3v) is 4.04. The molecule has 1 aromatic carbocycles. The van der Waals surface area contributed by atoms with E-state index >= 15 is 0 Å². The Hall–Kier alpha value is -1.78. The van der Waals surface area contributed by atoms with Gasteiger partial charge in [-0.05, 0) is 29.8 Å². The Bertz CT molecular complexity index is 574. The maximum atomic E-state index is 5.92. The fourth-order valence-corrected chi connectivity index (χ4v) is 2.69. The summed E-state index contributed by atoms with van der Waals surface area (Å²) < 4.78 is 0. The molecular formula is C16H19ClN4. The van der Waals surface area contributed by atoms with E-state index in [1.54, 1.807) is 6.20 Å². The molecule has 1 saturated heterocycles. The molecular weight excluding hydrogens is 284 g/mol. The molecule has 2 N–H and O–H groups in total. The van der Waals surface area contributed by atoms with Gasteiger partial charge in [0.15, 0.2) is 0 Å². The van der Waals surface area contributed by atoms with Gasteiger partial charge in [0.25, 0.3) is 0 Å². The van der Waals surface area contributed by atoms with E-state index in [-0.39, 0.29) is 0 Å². The Labute approximate surface area is 130 Å². The van der Waals surface area contributed by atoms with Crippen molar-refractivity contribution in [2.75, 3.05) is 36.8 Å². The molecule has 0 aliphatic carbocycles. The number of pyridine rings is 1. The molecule has 110 valence electrons. The largest absolute Gasteiger partial charge is 0.397 e. The molecule has 0 spiro atoms. The van der Waals surface area contributed by atoms with Crippen LogP contribution in [0.15, 0.2) is 42.6 Å². The Morgan fingerprint density at radius 1 is 1.00 bits per heavy atom. The number of hydrogen-bond acceptors (Lipinski definition) is 4. The number of benzene rings is 1. The number of hydrogen-bond donors (Lipinski definition) is 1. The minimum absolute atomic E-state index is 0.708. The topological polar surface area (TPSA) is 45.4 Å². The van der Waals surface area contributed by atoms with Crippen molar-refractivity contribution in [3.63, 3.8) is 0 Å². The van der Waals surface area contributed by atoms with Crippen molar-refractivity contribution >= 4 is 23.1 Å². The molecule has 1 aromatic heterocycles. The second-order valence-electron chi connectivity index (χ2n) is 5.34. The lowest BCUT2D eigenvalue weighted by Gasteiger charge is -2.35. The number of nitrogen functional groups attached to an aromatic ring is 1. The molecule has 4 nitrogen and oxygen atoms in total. The molecule has 0 atom stereocenters. The first-order valence-electron chi connectivity index (χ1n) is 7.14. The van der Waals surface area contributed by atoms with Gasteiger partial charge >= 0.3 is 0 Å². The summed E-state index contributed by atoms with van der Waals surface area (Å²) in [4.78, 5) is 9.15. The molecule has 5 heteroatoms. The van der Waals surface area contributed by atoms with Gasteiger partial charge in [-0.2, -0.15) is 0 Å². The minimum atomic E-state index is 0.708. The third-order valence-electron chi connectivity index (χ3n) is 3.79. The highest BCUT2D eigenvalue weighted by atomic mass is 35.5. The smallest absolute Gasteiger partial charge is 0.128 e. The third kappa shape index (κ3) is 3.65. The highest BCUT2D eigenvalue weighted by Crippen LogP contribution is 2.17. The van der Waals surface area contributed by atoms with E-state index in [9.17, 15) is 0 Å². The lowest BCUT2D eigenvalue weighted by atomic mass is 10.2. The molecule has 2 heterocycles. The number of rotatable bonds is 3. The van der Waals surface area contributed by atoms with Gasteiger partial charge in [0, 0.05) is 37.7 Å². The summed E-state index contributed by atoms with van der Waals surface area (Å²) in [5.41, 5.74) is 7.69. The van der Waals surface area contributed by atoms with Crippen molar-refractivity contribution in [2.24, 2.45) is 0 Å². The van der Waals surface area contributed by atoms with Crippen molar-refractivity contribution in [1.82, 2.24) is 9.88 Å². The molecule has 0 saturated carbocycles. The predicted octanol–water partition coefficient (Wildman–Crippen LogP) is 2.64. The Balaban J connectivity index is 1.55. The summed E-state index contributed by atoms with van der Waals surface area (Å²) in [7, 11) is 0. The quantitative estimate of drug-likeness (QED) is 0.947. The highest BCUT2D eigenvalue weighted by Gasteiger charge is 2.17. The summed E-state index contributed by atoms with van der Waals surface area (Å²) in [6.07, 6.45) is 1.72. The average Bonchev–Trinajstić information content (AvgIpc) is 2.51. The summed E-state index contributed by atoms with van der Waals surface area (Å²) in [5.74, 6) is 1.01. The van der Waals surface area contributed by atoms with Crippen molar-refractivity contribution in [2.45, 2.75) is 6.54 Å². The molecule has 1 aliphatic heterocycles. The van der Waals surface area contributed by atoms with Crippen molar-refractivity contribution < 1.29 is 0 Å². The molecule has 0 radical (unpaired) electrons. The van der Waals surface area contributed by atoms with Crippen LogP contribution in [0, 0.1) is 0 Å². The summed E-state index contributed by atoms with van der Waals surface area (Å²) in [6.45, 7) is 5.03. The van der Waals surface area contributed by atoms with Crippen LogP contribution >= 0.6 is 11.6 Å². The second-order valence-corrected chi connectivity index (χ2v) is 5.78. The van der Waals surface area contributed by atoms with Gasteiger partial charge in [0.05, 0.1) is 11.9 Å². The van der Waals surface area contributed by atoms with Crippen LogP contribution in [0.25, 0.3) is 0 Å². The van der Waals surface area contributed by atoms with Gasteiger partial charge in [0.1, 0.15) is 5.82 Å². The summed E-state index contributed by atoms with van der Waals surface area (Å²) in [5, 5.41) is 0.790.